The van der Waals surface area contributed by atoms with Crippen molar-refractivity contribution in [1.29, 1.82) is 0 Å². The van der Waals surface area contributed by atoms with E-state index in [4.69, 9.17) is 0 Å². The van der Waals surface area contributed by atoms with Crippen molar-refractivity contribution in [2.75, 3.05) is 6.54 Å². The molecule has 0 spiro atoms. The second-order valence-corrected chi connectivity index (χ2v) is 15.2. The van der Waals surface area contributed by atoms with E-state index in [1.54, 1.807) is 0 Å². The van der Waals surface area contributed by atoms with Gasteiger partial charge in [-0.15, -0.1) is 0 Å². The van der Waals surface area contributed by atoms with Crippen molar-refractivity contribution in [3.8, 4) is 0 Å². The first-order chi connectivity index (χ1) is 13.6. The molecule has 2 aromatic carbocycles. The second kappa shape index (κ2) is 7.06. The lowest BCUT2D eigenvalue weighted by Gasteiger charge is -2.27. The Bertz CT molecular complexity index is 1150. The lowest BCUT2D eigenvalue weighted by Crippen LogP contribution is -2.27. The number of hydrogen-bond donors (Lipinski definition) is 2. The average molecular weight is 407 g/mol. The number of benzene rings is 2. The van der Waals surface area contributed by atoms with Crippen molar-refractivity contribution in [2.45, 2.75) is 52.5 Å². The number of hydrogen-bond acceptors (Lipinski definition) is 2. The number of nitrogens with zero attached hydrogens (tertiary/aromatic N) is 1. The Morgan fingerprint density at radius 1 is 1.21 bits per heavy atom. The van der Waals surface area contributed by atoms with Crippen molar-refractivity contribution < 1.29 is 9.90 Å². The van der Waals surface area contributed by atoms with Crippen LogP contribution in [0, 0.1) is 13.8 Å². The van der Waals surface area contributed by atoms with Crippen LogP contribution in [0.5, 0.6) is 0 Å². The summed E-state index contributed by atoms with van der Waals surface area (Å²) in [6, 6.07) is 8.14. The number of aliphatic carboxylic acids is 1. The number of aryl methyl sites for hydroxylation is 3. The summed E-state index contributed by atoms with van der Waals surface area (Å²) >= 11 is 0. The van der Waals surface area contributed by atoms with Gasteiger partial charge in [-0.1, -0.05) is 31.8 Å². The summed E-state index contributed by atoms with van der Waals surface area (Å²) in [5, 5.41) is 11.8. The number of carboxylic acids is 1. The third kappa shape index (κ3) is 3.71. The summed E-state index contributed by atoms with van der Waals surface area (Å²) in [6.07, 6.45) is 5.11. The van der Waals surface area contributed by atoms with E-state index in [9.17, 15) is 9.90 Å². The molecule has 5 heteroatoms. The van der Waals surface area contributed by atoms with Gasteiger partial charge in [0.15, 0.2) is 0 Å². The summed E-state index contributed by atoms with van der Waals surface area (Å²) in [5.41, 5.74) is 8.75. The zero-order chi connectivity index (χ0) is 20.9. The standard InChI is InChI=1S/C24H30N2O2Si/c1-15-20-13-26(14-22(27)28)10-8-18(20)16(2)24-23(15)19-12-17(6-7-21(19)25-24)9-11-29(3,4)5/h6-8,10,12,25H,9,11,13-14H2,1-5H3,(H,27,28). The van der Waals surface area contributed by atoms with Crippen LogP contribution >= 0.6 is 0 Å². The molecule has 0 saturated heterocycles. The summed E-state index contributed by atoms with van der Waals surface area (Å²) in [4.78, 5) is 16.7. The minimum Gasteiger partial charge on any atom is -0.480 e. The van der Waals surface area contributed by atoms with E-state index in [-0.39, 0.29) is 6.54 Å². The molecule has 4 rings (SSSR count). The van der Waals surface area contributed by atoms with Gasteiger partial charge in [-0.2, -0.15) is 0 Å². The Kier molecular flexibility index (Phi) is 4.81. The highest BCUT2D eigenvalue weighted by Gasteiger charge is 2.22. The maximum Gasteiger partial charge on any atom is 0.323 e. The molecule has 0 aliphatic carbocycles. The molecule has 1 aromatic heterocycles. The van der Waals surface area contributed by atoms with E-state index in [0.29, 0.717) is 6.54 Å². The van der Waals surface area contributed by atoms with Crippen LogP contribution in [0.3, 0.4) is 0 Å². The van der Waals surface area contributed by atoms with Gasteiger partial charge < -0.3 is 15.0 Å². The average Bonchev–Trinajstić information content (AvgIpc) is 3.02. The highest BCUT2D eigenvalue weighted by atomic mass is 28.3. The van der Waals surface area contributed by atoms with Crippen molar-refractivity contribution in [3.05, 3.63) is 52.2 Å². The highest BCUT2D eigenvalue weighted by Crippen LogP contribution is 2.38. The summed E-state index contributed by atoms with van der Waals surface area (Å²) < 4.78 is 0. The Balaban J connectivity index is 1.84. The molecule has 0 unspecified atom stereocenters. The SMILES string of the molecule is Cc1c2c(c(C)c3c1[nH]c1ccc(CC[Si](C)(C)C)cc13)CN(CC(=O)O)C=C2. The number of fused-ring (bicyclic) bond motifs is 4. The molecule has 2 heterocycles. The lowest BCUT2D eigenvalue weighted by atomic mass is 9.90. The molecule has 2 N–H and O–H groups in total. The predicted molar refractivity (Wildman–Crippen MR) is 124 cm³/mol. The molecule has 4 nitrogen and oxygen atoms in total. The van der Waals surface area contributed by atoms with Crippen LogP contribution in [0.4, 0.5) is 0 Å². The molecule has 0 atom stereocenters. The van der Waals surface area contributed by atoms with Gasteiger partial charge in [0.2, 0.25) is 0 Å². The van der Waals surface area contributed by atoms with E-state index >= 15 is 0 Å². The Labute approximate surface area is 173 Å². The van der Waals surface area contributed by atoms with Crippen LogP contribution in [0.25, 0.3) is 27.9 Å². The molecule has 0 radical (unpaired) electrons. The fourth-order valence-corrected chi connectivity index (χ4v) is 5.48. The maximum atomic E-state index is 11.2. The van der Waals surface area contributed by atoms with Crippen LogP contribution in [0.2, 0.25) is 25.7 Å². The van der Waals surface area contributed by atoms with E-state index in [1.165, 1.54) is 55.7 Å². The third-order valence-electron chi connectivity index (χ3n) is 6.11. The minimum absolute atomic E-state index is 0.0290. The number of H-pyrrole nitrogens is 1. The number of aromatic amines is 1. The lowest BCUT2D eigenvalue weighted by molar-refractivity contribution is -0.137. The number of rotatable bonds is 5. The first-order valence-electron chi connectivity index (χ1n) is 10.3. The molecule has 0 saturated carbocycles. The molecule has 3 aromatic rings. The van der Waals surface area contributed by atoms with Crippen molar-refractivity contribution in [1.82, 2.24) is 9.88 Å². The predicted octanol–water partition coefficient (Wildman–Crippen LogP) is 5.69. The van der Waals surface area contributed by atoms with E-state index < -0.39 is 14.0 Å². The monoisotopic (exact) mass is 406 g/mol. The molecule has 152 valence electrons. The van der Waals surface area contributed by atoms with Gasteiger partial charge in [0.05, 0.1) is 5.52 Å². The summed E-state index contributed by atoms with van der Waals surface area (Å²) in [5.74, 6) is -0.798. The number of carboxylic acid groups (broad SMARTS) is 1. The van der Waals surface area contributed by atoms with Crippen LogP contribution in [-0.4, -0.2) is 35.6 Å². The van der Waals surface area contributed by atoms with E-state index in [2.05, 4.69) is 62.7 Å². The summed E-state index contributed by atoms with van der Waals surface area (Å²) in [7, 11) is -1.07. The van der Waals surface area contributed by atoms with Crippen molar-refractivity contribution in [3.63, 3.8) is 0 Å². The van der Waals surface area contributed by atoms with Gasteiger partial charge in [0.25, 0.3) is 0 Å². The first-order valence-corrected chi connectivity index (χ1v) is 14.0. The van der Waals surface area contributed by atoms with Gasteiger partial charge >= 0.3 is 5.97 Å². The van der Waals surface area contributed by atoms with E-state index in [1.807, 2.05) is 11.1 Å². The Hall–Kier alpha value is -2.53. The largest absolute Gasteiger partial charge is 0.480 e. The second-order valence-electron chi connectivity index (χ2n) is 9.57. The van der Waals surface area contributed by atoms with Crippen molar-refractivity contribution >= 4 is 41.9 Å². The molecule has 0 bridgehead atoms. The third-order valence-corrected chi connectivity index (χ3v) is 7.86. The van der Waals surface area contributed by atoms with Crippen molar-refractivity contribution in [2.24, 2.45) is 0 Å². The molecular weight excluding hydrogens is 376 g/mol. The molecule has 0 amide bonds. The number of aromatic nitrogens is 1. The minimum atomic E-state index is -1.07. The van der Waals surface area contributed by atoms with Gasteiger partial charge in [-0.05, 0) is 66.3 Å². The van der Waals surface area contributed by atoms with Gasteiger partial charge in [-0.25, -0.2) is 0 Å². The quantitative estimate of drug-likeness (QED) is 0.535. The highest BCUT2D eigenvalue weighted by molar-refractivity contribution is 6.76. The fourth-order valence-electron chi connectivity index (χ4n) is 4.45. The molecule has 0 fully saturated rings. The maximum absolute atomic E-state index is 11.2. The number of nitrogens with one attached hydrogen (secondary N) is 1. The van der Waals surface area contributed by atoms with Gasteiger partial charge in [0.1, 0.15) is 6.54 Å². The van der Waals surface area contributed by atoms with Gasteiger partial charge in [-0.3, -0.25) is 4.79 Å². The summed E-state index contributed by atoms with van der Waals surface area (Å²) in [6.45, 7) is 12.3. The normalized spacial score (nSPS) is 14.0. The first kappa shape index (κ1) is 19.8. The Morgan fingerprint density at radius 3 is 2.66 bits per heavy atom. The van der Waals surface area contributed by atoms with Gasteiger partial charge in [0, 0.05) is 37.1 Å². The van der Waals surface area contributed by atoms with Crippen LogP contribution in [-0.2, 0) is 17.8 Å². The zero-order valence-corrected chi connectivity index (χ0v) is 19.0. The number of carbonyl (C=O) groups is 1. The zero-order valence-electron chi connectivity index (χ0n) is 18.0. The topological polar surface area (TPSA) is 56.3 Å². The van der Waals surface area contributed by atoms with Crippen LogP contribution < -0.4 is 0 Å². The Morgan fingerprint density at radius 2 is 1.97 bits per heavy atom. The molecule has 1 aliphatic rings. The molecule has 1 aliphatic heterocycles. The fraction of sp³-hybridized carbons (Fsp3) is 0.375. The van der Waals surface area contributed by atoms with Crippen LogP contribution in [0.1, 0.15) is 27.8 Å². The smallest absolute Gasteiger partial charge is 0.323 e. The van der Waals surface area contributed by atoms with E-state index in [0.717, 1.165) is 6.42 Å². The van der Waals surface area contributed by atoms with Crippen LogP contribution in [0.15, 0.2) is 24.4 Å². The molecular formula is C24H30N2O2Si. The molecule has 29 heavy (non-hydrogen) atoms.